The maximum absolute atomic E-state index is 12.7. The molecule has 0 unspecified atom stereocenters. The lowest BCUT2D eigenvalue weighted by Gasteiger charge is -2.18. The third kappa shape index (κ3) is 4.98. The molecule has 3 rings (SSSR count). The first kappa shape index (κ1) is 20.9. The summed E-state index contributed by atoms with van der Waals surface area (Å²) in [6.45, 7) is 4.28. The van der Waals surface area contributed by atoms with Gasteiger partial charge in [0.2, 0.25) is 5.91 Å². The lowest BCUT2D eigenvalue weighted by molar-refractivity contribution is -0.121. The Kier molecular flexibility index (Phi) is 7.30. The molecule has 2 aromatic carbocycles. The molecule has 0 radical (unpaired) electrons. The van der Waals surface area contributed by atoms with Gasteiger partial charge in [-0.15, -0.1) is 0 Å². The van der Waals surface area contributed by atoms with E-state index >= 15 is 0 Å². The molecular formula is C24H30N2O3. The first-order valence-corrected chi connectivity index (χ1v) is 10.1. The zero-order valence-corrected chi connectivity index (χ0v) is 17.5. The highest BCUT2D eigenvalue weighted by Crippen LogP contribution is 2.36. The monoisotopic (exact) mass is 394 g/mol. The summed E-state index contributed by atoms with van der Waals surface area (Å²) in [5.41, 5.74) is 3.44. The summed E-state index contributed by atoms with van der Waals surface area (Å²) in [7, 11) is 3.34. The molecule has 3 aromatic rings. The van der Waals surface area contributed by atoms with Crippen LogP contribution in [0.5, 0.6) is 5.75 Å². The van der Waals surface area contributed by atoms with Gasteiger partial charge in [-0.1, -0.05) is 30.3 Å². The third-order valence-electron chi connectivity index (χ3n) is 5.27. The molecule has 5 heteroatoms. The normalized spacial score (nSPS) is 12.1. The summed E-state index contributed by atoms with van der Waals surface area (Å²) < 4.78 is 12.7. The fraction of sp³-hybridized carbons (Fsp3) is 0.375. The standard InChI is InChI=1S/C24H30N2O3/c1-4-26-17-22(20-11-5-6-12-23(20)26)21(16-24(27)25-13-8-14-28-2)18-9-7-10-19(15-18)29-3/h5-7,9-12,15,17,21H,4,8,13-14,16H2,1-3H3,(H,25,27)/t21-/m0/s1. The minimum absolute atomic E-state index is 0.0438. The van der Waals surface area contributed by atoms with Gasteiger partial charge in [0.05, 0.1) is 7.11 Å². The minimum atomic E-state index is -0.0507. The van der Waals surface area contributed by atoms with Crippen LogP contribution in [0.4, 0.5) is 0 Å². The second-order valence-electron chi connectivity index (χ2n) is 7.12. The number of carbonyl (C=O) groups is 1. The lowest BCUT2D eigenvalue weighted by Crippen LogP contribution is -2.27. The average Bonchev–Trinajstić information content (AvgIpc) is 3.14. The van der Waals surface area contributed by atoms with E-state index in [9.17, 15) is 4.79 Å². The fourth-order valence-corrected chi connectivity index (χ4v) is 3.78. The molecule has 0 aliphatic heterocycles. The molecule has 0 aliphatic carbocycles. The highest BCUT2D eigenvalue weighted by molar-refractivity contribution is 5.86. The molecule has 0 aliphatic rings. The van der Waals surface area contributed by atoms with Crippen molar-refractivity contribution >= 4 is 16.8 Å². The third-order valence-corrected chi connectivity index (χ3v) is 5.27. The van der Waals surface area contributed by atoms with Crippen molar-refractivity contribution in [2.45, 2.75) is 32.2 Å². The van der Waals surface area contributed by atoms with Crippen LogP contribution >= 0.6 is 0 Å². The van der Waals surface area contributed by atoms with Crippen molar-refractivity contribution < 1.29 is 14.3 Å². The predicted molar refractivity (Wildman–Crippen MR) is 117 cm³/mol. The van der Waals surface area contributed by atoms with Crippen molar-refractivity contribution in [1.29, 1.82) is 0 Å². The Morgan fingerprint density at radius 1 is 1.14 bits per heavy atom. The van der Waals surface area contributed by atoms with Gasteiger partial charge in [-0.05, 0) is 42.7 Å². The van der Waals surface area contributed by atoms with E-state index in [4.69, 9.17) is 9.47 Å². The molecule has 29 heavy (non-hydrogen) atoms. The SMILES string of the molecule is CCn1cc([C@@H](CC(=O)NCCCOC)c2cccc(OC)c2)c2ccccc21. The van der Waals surface area contributed by atoms with Crippen LogP contribution in [-0.4, -0.2) is 37.8 Å². The van der Waals surface area contributed by atoms with E-state index in [1.807, 2.05) is 18.2 Å². The largest absolute Gasteiger partial charge is 0.497 e. The van der Waals surface area contributed by atoms with Crippen LogP contribution in [0.25, 0.3) is 10.9 Å². The van der Waals surface area contributed by atoms with E-state index < -0.39 is 0 Å². The van der Waals surface area contributed by atoms with Gasteiger partial charge in [0.15, 0.2) is 0 Å². The van der Waals surface area contributed by atoms with E-state index in [0.29, 0.717) is 19.6 Å². The summed E-state index contributed by atoms with van der Waals surface area (Å²) in [5.74, 6) is 0.791. The van der Waals surface area contributed by atoms with Crippen molar-refractivity contribution in [3.8, 4) is 5.75 Å². The van der Waals surface area contributed by atoms with Gasteiger partial charge in [0.25, 0.3) is 0 Å². The van der Waals surface area contributed by atoms with Crippen LogP contribution in [-0.2, 0) is 16.1 Å². The van der Waals surface area contributed by atoms with Crippen LogP contribution in [0.2, 0.25) is 0 Å². The number of methoxy groups -OCH3 is 2. The molecule has 5 nitrogen and oxygen atoms in total. The lowest BCUT2D eigenvalue weighted by atomic mass is 9.88. The Bertz CT molecular complexity index is 948. The highest BCUT2D eigenvalue weighted by atomic mass is 16.5. The number of nitrogens with zero attached hydrogens (tertiary/aromatic N) is 1. The summed E-state index contributed by atoms with van der Waals surface area (Å²) in [6.07, 6.45) is 3.38. The molecule has 1 aromatic heterocycles. The Balaban J connectivity index is 1.96. The van der Waals surface area contributed by atoms with Gasteiger partial charge >= 0.3 is 0 Å². The van der Waals surface area contributed by atoms with Crippen molar-refractivity contribution in [2.75, 3.05) is 27.4 Å². The number of benzene rings is 2. The second-order valence-corrected chi connectivity index (χ2v) is 7.12. The molecule has 1 atom stereocenters. The molecule has 0 bridgehead atoms. The number of amides is 1. The predicted octanol–water partition coefficient (Wildman–Crippen LogP) is 4.34. The summed E-state index contributed by atoms with van der Waals surface area (Å²) >= 11 is 0. The number of hydrogen-bond donors (Lipinski definition) is 1. The Morgan fingerprint density at radius 2 is 1.97 bits per heavy atom. The molecule has 154 valence electrons. The number of ether oxygens (including phenoxy) is 2. The second kappa shape index (κ2) is 10.1. The van der Waals surface area contributed by atoms with Crippen molar-refractivity contribution in [3.63, 3.8) is 0 Å². The number of nitrogens with one attached hydrogen (secondary N) is 1. The molecule has 1 N–H and O–H groups in total. The maximum Gasteiger partial charge on any atom is 0.220 e. The van der Waals surface area contributed by atoms with Gasteiger partial charge in [0.1, 0.15) is 5.75 Å². The van der Waals surface area contributed by atoms with Crippen LogP contribution < -0.4 is 10.1 Å². The van der Waals surface area contributed by atoms with E-state index in [1.54, 1.807) is 14.2 Å². The topological polar surface area (TPSA) is 52.5 Å². The number of hydrogen-bond acceptors (Lipinski definition) is 3. The molecule has 1 heterocycles. The highest BCUT2D eigenvalue weighted by Gasteiger charge is 2.23. The summed E-state index contributed by atoms with van der Waals surface area (Å²) in [6, 6.07) is 16.4. The van der Waals surface area contributed by atoms with Crippen LogP contribution in [0.15, 0.2) is 54.7 Å². The maximum atomic E-state index is 12.7. The van der Waals surface area contributed by atoms with Crippen molar-refractivity contribution in [1.82, 2.24) is 9.88 Å². The Hall–Kier alpha value is -2.79. The minimum Gasteiger partial charge on any atom is -0.497 e. The van der Waals surface area contributed by atoms with E-state index in [2.05, 4.69) is 53.3 Å². The Morgan fingerprint density at radius 3 is 2.72 bits per heavy atom. The van der Waals surface area contributed by atoms with Crippen LogP contribution in [0.1, 0.15) is 36.8 Å². The number of rotatable bonds is 10. The average molecular weight is 395 g/mol. The molecular weight excluding hydrogens is 364 g/mol. The zero-order valence-electron chi connectivity index (χ0n) is 17.5. The van der Waals surface area contributed by atoms with Crippen LogP contribution in [0, 0.1) is 0 Å². The van der Waals surface area contributed by atoms with Crippen LogP contribution in [0.3, 0.4) is 0 Å². The van der Waals surface area contributed by atoms with Gasteiger partial charge in [-0.3, -0.25) is 4.79 Å². The summed E-state index contributed by atoms with van der Waals surface area (Å²) in [4.78, 5) is 12.7. The zero-order chi connectivity index (χ0) is 20.6. The molecule has 0 fully saturated rings. The molecule has 0 spiro atoms. The fourth-order valence-electron chi connectivity index (χ4n) is 3.78. The van der Waals surface area contributed by atoms with Gasteiger partial charge in [-0.25, -0.2) is 0 Å². The number of para-hydroxylation sites is 1. The molecule has 1 amide bonds. The number of aryl methyl sites for hydroxylation is 1. The molecule has 0 saturated heterocycles. The number of aromatic nitrogens is 1. The van der Waals surface area contributed by atoms with E-state index in [1.165, 1.54) is 16.5 Å². The van der Waals surface area contributed by atoms with Crippen molar-refractivity contribution in [3.05, 3.63) is 65.9 Å². The number of fused-ring (bicyclic) bond motifs is 1. The first-order valence-electron chi connectivity index (χ1n) is 10.1. The van der Waals surface area contributed by atoms with E-state index in [0.717, 1.165) is 24.3 Å². The molecule has 0 saturated carbocycles. The Labute approximate surface area is 172 Å². The van der Waals surface area contributed by atoms with Gasteiger partial charge in [-0.2, -0.15) is 0 Å². The van der Waals surface area contributed by atoms with Gasteiger partial charge in [0, 0.05) is 56.2 Å². The quantitative estimate of drug-likeness (QED) is 0.520. The number of carbonyl (C=O) groups excluding carboxylic acids is 1. The van der Waals surface area contributed by atoms with Crippen molar-refractivity contribution in [2.24, 2.45) is 0 Å². The van der Waals surface area contributed by atoms with Gasteiger partial charge < -0.3 is 19.4 Å². The summed E-state index contributed by atoms with van der Waals surface area (Å²) in [5, 5.41) is 4.22. The smallest absolute Gasteiger partial charge is 0.220 e. The first-order chi connectivity index (χ1) is 14.2. The van der Waals surface area contributed by atoms with E-state index in [-0.39, 0.29) is 11.8 Å².